The molecule has 3 N–H and O–H groups in total. The van der Waals surface area contributed by atoms with E-state index in [0.717, 1.165) is 32.5 Å². The first-order chi connectivity index (χ1) is 9.54. The molecule has 1 unspecified atom stereocenters. The van der Waals surface area contributed by atoms with Gasteiger partial charge in [-0.25, -0.2) is 0 Å². The molecule has 0 radical (unpaired) electrons. The number of piperidine rings is 1. The fourth-order valence-corrected chi connectivity index (χ4v) is 2.59. The second-order valence-electron chi connectivity index (χ2n) is 5.66. The standard InChI is InChI=1S/C14H24N4O2.ClH/c1-10-9-13(17-20-10)16-14(19)5-8-18-6-3-12(4-7-18)11(2)15;/h9,11-12H,3-8,15H2,1-2H3,(H,16,17,19);1H. The number of nitrogens with one attached hydrogen (secondary N) is 1. The summed E-state index contributed by atoms with van der Waals surface area (Å²) in [7, 11) is 0. The van der Waals surface area contributed by atoms with Crippen LogP contribution in [0.15, 0.2) is 10.6 Å². The lowest BCUT2D eigenvalue weighted by molar-refractivity contribution is -0.116. The highest BCUT2D eigenvalue weighted by molar-refractivity contribution is 5.89. The van der Waals surface area contributed by atoms with Gasteiger partial charge in [-0.1, -0.05) is 5.16 Å². The lowest BCUT2D eigenvalue weighted by Gasteiger charge is -2.33. The van der Waals surface area contributed by atoms with E-state index in [1.54, 1.807) is 13.0 Å². The number of hydrogen-bond acceptors (Lipinski definition) is 5. The monoisotopic (exact) mass is 316 g/mol. The Balaban J connectivity index is 0.00000220. The average molecular weight is 317 g/mol. The topological polar surface area (TPSA) is 84.4 Å². The second-order valence-corrected chi connectivity index (χ2v) is 5.66. The molecule has 120 valence electrons. The maximum atomic E-state index is 11.8. The van der Waals surface area contributed by atoms with E-state index in [1.807, 2.05) is 0 Å². The molecule has 1 aromatic rings. The van der Waals surface area contributed by atoms with E-state index in [-0.39, 0.29) is 24.4 Å². The van der Waals surface area contributed by atoms with Crippen molar-refractivity contribution < 1.29 is 9.32 Å². The number of rotatable bonds is 5. The highest BCUT2D eigenvalue weighted by Crippen LogP contribution is 2.19. The van der Waals surface area contributed by atoms with Crippen LogP contribution < -0.4 is 11.1 Å². The third-order valence-electron chi connectivity index (χ3n) is 3.93. The number of carbonyl (C=O) groups is 1. The fourth-order valence-electron chi connectivity index (χ4n) is 2.59. The molecule has 1 atom stereocenters. The normalized spacial score (nSPS) is 18.0. The van der Waals surface area contributed by atoms with Crippen LogP contribution in [0.4, 0.5) is 5.82 Å². The van der Waals surface area contributed by atoms with E-state index < -0.39 is 0 Å². The summed E-state index contributed by atoms with van der Waals surface area (Å²) in [6, 6.07) is 1.99. The SMILES string of the molecule is Cc1cc(NC(=O)CCN2CCC(C(C)N)CC2)no1.Cl. The van der Waals surface area contributed by atoms with Crippen LogP contribution in [0.25, 0.3) is 0 Å². The molecule has 1 aliphatic rings. The van der Waals surface area contributed by atoms with Gasteiger partial charge < -0.3 is 20.5 Å². The van der Waals surface area contributed by atoms with E-state index in [0.29, 0.717) is 23.9 Å². The van der Waals surface area contributed by atoms with Crippen molar-refractivity contribution >= 4 is 24.1 Å². The van der Waals surface area contributed by atoms with Gasteiger partial charge in [0.15, 0.2) is 5.82 Å². The maximum Gasteiger partial charge on any atom is 0.226 e. The smallest absolute Gasteiger partial charge is 0.226 e. The summed E-state index contributed by atoms with van der Waals surface area (Å²) < 4.78 is 4.91. The van der Waals surface area contributed by atoms with Crippen LogP contribution in [0.1, 0.15) is 31.9 Å². The van der Waals surface area contributed by atoms with E-state index in [4.69, 9.17) is 10.3 Å². The maximum absolute atomic E-state index is 11.8. The largest absolute Gasteiger partial charge is 0.360 e. The van der Waals surface area contributed by atoms with E-state index in [2.05, 4.69) is 22.3 Å². The van der Waals surface area contributed by atoms with Gasteiger partial charge in [0.25, 0.3) is 0 Å². The van der Waals surface area contributed by atoms with Crippen molar-refractivity contribution in [3.63, 3.8) is 0 Å². The zero-order valence-electron chi connectivity index (χ0n) is 12.7. The van der Waals surface area contributed by atoms with Crippen molar-refractivity contribution in [3.8, 4) is 0 Å². The summed E-state index contributed by atoms with van der Waals surface area (Å²) in [4.78, 5) is 14.1. The minimum atomic E-state index is -0.0207. The molecule has 1 aliphatic heterocycles. The summed E-state index contributed by atoms with van der Waals surface area (Å²) in [6.07, 6.45) is 2.73. The van der Waals surface area contributed by atoms with Crippen molar-refractivity contribution in [2.45, 2.75) is 39.2 Å². The molecule has 1 fully saturated rings. The molecular formula is C14H25ClN4O2. The van der Waals surface area contributed by atoms with Crippen LogP contribution in [0.5, 0.6) is 0 Å². The minimum absolute atomic E-state index is 0. The number of anilines is 1. The quantitative estimate of drug-likeness (QED) is 0.865. The number of hydrogen-bond donors (Lipinski definition) is 2. The molecule has 2 rings (SSSR count). The Morgan fingerprint density at radius 1 is 1.57 bits per heavy atom. The minimum Gasteiger partial charge on any atom is -0.360 e. The van der Waals surface area contributed by atoms with Gasteiger partial charge in [-0.05, 0) is 45.7 Å². The molecule has 1 amide bonds. The number of aryl methyl sites for hydroxylation is 1. The van der Waals surface area contributed by atoms with Gasteiger partial charge in [0, 0.05) is 25.1 Å². The molecule has 0 aliphatic carbocycles. The predicted octanol–water partition coefficient (Wildman–Crippen LogP) is 1.79. The highest BCUT2D eigenvalue weighted by Gasteiger charge is 2.22. The number of halogens is 1. The lowest BCUT2D eigenvalue weighted by atomic mass is 9.91. The van der Waals surface area contributed by atoms with Crippen LogP contribution >= 0.6 is 12.4 Å². The zero-order chi connectivity index (χ0) is 14.5. The van der Waals surface area contributed by atoms with Crippen molar-refractivity contribution in [3.05, 3.63) is 11.8 Å². The van der Waals surface area contributed by atoms with E-state index >= 15 is 0 Å². The summed E-state index contributed by atoms with van der Waals surface area (Å²) in [6.45, 7) is 6.72. The first-order valence-corrected chi connectivity index (χ1v) is 7.25. The van der Waals surface area contributed by atoms with Crippen LogP contribution in [-0.2, 0) is 4.79 Å². The Labute approximate surface area is 131 Å². The number of amides is 1. The van der Waals surface area contributed by atoms with Gasteiger partial charge >= 0.3 is 0 Å². The number of likely N-dealkylation sites (tertiary alicyclic amines) is 1. The van der Waals surface area contributed by atoms with Gasteiger partial charge in [0.2, 0.25) is 5.91 Å². The molecule has 0 aromatic carbocycles. The van der Waals surface area contributed by atoms with Gasteiger partial charge in [0.05, 0.1) is 0 Å². The lowest BCUT2D eigenvalue weighted by Crippen LogP contribution is -2.40. The van der Waals surface area contributed by atoms with Crippen LogP contribution in [-0.4, -0.2) is 41.6 Å². The van der Waals surface area contributed by atoms with Crippen molar-refractivity contribution in [1.29, 1.82) is 0 Å². The summed E-state index contributed by atoms with van der Waals surface area (Å²) in [5, 5.41) is 6.48. The molecule has 0 bridgehead atoms. The van der Waals surface area contributed by atoms with Crippen molar-refractivity contribution in [2.75, 3.05) is 25.0 Å². The first-order valence-electron chi connectivity index (χ1n) is 7.25. The molecule has 0 saturated carbocycles. The Morgan fingerprint density at radius 2 is 2.24 bits per heavy atom. The molecule has 7 heteroatoms. The molecule has 0 spiro atoms. The van der Waals surface area contributed by atoms with Crippen molar-refractivity contribution in [2.24, 2.45) is 11.7 Å². The summed E-state index contributed by atoms with van der Waals surface area (Å²) in [5.41, 5.74) is 5.92. The number of aromatic nitrogens is 1. The fraction of sp³-hybridized carbons (Fsp3) is 0.714. The third-order valence-corrected chi connectivity index (χ3v) is 3.93. The molecule has 2 heterocycles. The first kappa shape index (κ1) is 17.9. The molecule has 1 aromatic heterocycles. The van der Waals surface area contributed by atoms with Gasteiger partial charge in [0.1, 0.15) is 5.76 Å². The third kappa shape index (κ3) is 5.65. The second kappa shape index (κ2) is 8.36. The van der Waals surface area contributed by atoms with Crippen molar-refractivity contribution in [1.82, 2.24) is 10.1 Å². The van der Waals surface area contributed by atoms with Crippen LogP contribution in [0.3, 0.4) is 0 Å². The Morgan fingerprint density at radius 3 is 2.76 bits per heavy atom. The van der Waals surface area contributed by atoms with Gasteiger partial charge in [-0.15, -0.1) is 12.4 Å². The predicted molar refractivity (Wildman–Crippen MR) is 84.5 cm³/mol. The molecule has 1 saturated heterocycles. The summed E-state index contributed by atoms with van der Waals surface area (Å²) >= 11 is 0. The van der Waals surface area contributed by atoms with E-state index in [1.165, 1.54) is 0 Å². The van der Waals surface area contributed by atoms with E-state index in [9.17, 15) is 4.79 Å². The number of nitrogens with two attached hydrogens (primary N) is 1. The van der Waals surface area contributed by atoms with Crippen LogP contribution in [0, 0.1) is 12.8 Å². The zero-order valence-corrected chi connectivity index (χ0v) is 13.5. The summed E-state index contributed by atoms with van der Waals surface area (Å²) in [5.74, 6) is 1.78. The Kier molecular flexibility index (Phi) is 7.14. The molecule has 6 nitrogen and oxygen atoms in total. The number of carbonyl (C=O) groups excluding carboxylic acids is 1. The Bertz CT molecular complexity index is 442. The van der Waals surface area contributed by atoms with Crippen LogP contribution in [0.2, 0.25) is 0 Å². The highest BCUT2D eigenvalue weighted by atomic mass is 35.5. The molecule has 21 heavy (non-hydrogen) atoms. The van der Waals surface area contributed by atoms with Gasteiger partial charge in [-0.3, -0.25) is 4.79 Å². The number of nitrogens with zero attached hydrogens (tertiary/aromatic N) is 2. The Hall–Kier alpha value is -1.11. The molecular weight excluding hydrogens is 292 g/mol. The average Bonchev–Trinajstić information content (AvgIpc) is 2.82. The van der Waals surface area contributed by atoms with Gasteiger partial charge in [-0.2, -0.15) is 0 Å².